The second-order valence-electron chi connectivity index (χ2n) is 9.29. The van der Waals surface area contributed by atoms with Crippen molar-refractivity contribution in [3.05, 3.63) is 35.9 Å². The first-order valence-corrected chi connectivity index (χ1v) is 14.6. The van der Waals surface area contributed by atoms with Gasteiger partial charge in [-0.05, 0) is 0 Å². The molecule has 0 unspecified atom stereocenters. The number of amides is 1. The van der Waals surface area contributed by atoms with E-state index in [4.69, 9.17) is 11.3 Å². The van der Waals surface area contributed by atoms with Crippen molar-refractivity contribution in [2.24, 2.45) is 0 Å². The molecule has 0 atom stereocenters. The van der Waals surface area contributed by atoms with Crippen molar-refractivity contribution in [2.45, 2.75) is 61.2 Å². The van der Waals surface area contributed by atoms with Crippen molar-refractivity contribution in [2.75, 3.05) is 6.54 Å². The average Bonchev–Trinajstić information content (AvgIpc) is 2.94. The van der Waals surface area contributed by atoms with E-state index in [0.29, 0.717) is 13.0 Å². The molecule has 0 aliphatic carbocycles. The van der Waals surface area contributed by atoms with Gasteiger partial charge in [0.1, 0.15) is 0 Å². The zero-order chi connectivity index (χ0) is 21.3. The number of carboxylic acid groups (broad SMARTS) is 1. The zero-order valence-electron chi connectivity index (χ0n) is 17.6. The molecule has 0 spiro atoms. The van der Waals surface area contributed by atoms with Gasteiger partial charge in [-0.1, -0.05) is 0 Å². The first-order valence-electron chi connectivity index (χ1n) is 9.45. The molecule has 0 radical (unpaired) electrons. The van der Waals surface area contributed by atoms with E-state index in [2.05, 4.69) is 53.4 Å². The third kappa shape index (κ3) is 4.64. The first-order chi connectivity index (χ1) is 12.8. The Morgan fingerprint density at radius 3 is 2.18 bits per heavy atom. The molecule has 154 valence electrons. The van der Waals surface area contributed by atoms with Gasteiger partial charge in [0.05, 0.1) is 0 Å². The molecule has 1 aliphatic rings. The maximum atomic E-state index is 11.8. The fraction of sp³-hybridized carbons (Fsp3) is 0.524. The van der Waals surface area contributed by atoms with Gasteiger partial charge in [-0.15, -0.1) is 0 Å². The Kier molecular flexibility index (Phi) is 6.43. The summed E-state index contributed by atoms with van der Waals surface area (Å²) in [5, 5.41) is 11.5. The van der Waals surface area contributed by atoms with Gasteiger partial charge in [-0.25, -0.2) is 0 Å². The van der Waals surface area contributed by atoms with Gasteiger partial charge in [0, 0.05) is 0 Å². The number of benzene rings is 1. The summed E-state index contributed by atoms with van der Waals surface area (Å²) in [5.74, 6) is 0.108. The van der Waals surface area contributed by atoms with Crippen molar-refractivity contribution in [3.8, 4) is 11.5 Å². The van der Waals surface area contributed by atoms with Crippen molar-refractivity contribution in [3.63, 3.8) is 0 Å². The van der Waals surface area contributed by atoms with Gasteiger partial charge in [-0.2, -0.15) is 0 Å². The zero-order valence-corrected chi connectivity index (χ0v) is 20.5. The molecule has 0 bridgehead atoms. The molecular formula is C21H31NO5Sn. The number of hydrogen-bond donors (Lipinski definition) is 2. The SMILES string of the molecule is C=C(CC(=O)NCCc1ccc2c(c1)[O][Sn]([C](C)(C)C)([C](C)(C)C)[O]2)C(=O)O. The summed E-state index contributed by atoms with van der Waals surface area (Å²) in [6.45, 7) is 17.0. The number of carbonyl (C=O) groups excluding carboxylic acids is 1. The van der Waals surface area contributed by atoms with Gasteiger partial charge in [-0.3, -0.25) is 0 Å². The van der Waals surface area contributed by atoms with Crippen LogP contribution in [0.3, 0.4) is 0 Å². The van der Waals surface area contributed by atoms with Crippen molar-refractivity contribution in [1.29, 1.82) is 0 Å². The molecule has 1 aromatic carbocycles. The normalized spacial score (nSPS) is 15.2. The van der Waals surface area contributed by atoms with Crippen LogP contribution in [-0.4, -0.2) is 42.7 Å². The minimum atomic E-state index is -3.49. The number of fused-ring (bicyclic) bond motifs is 1. The van der Waals surface area contributed by atoms with Crippen LogP contribution in [0.4, 0.5) is 0 Å². The van der Waals surface area contributed by atoms with E-state index in [1.807, 2.05) is 18.2 Å². The summed E-state index contributed by atoms with van der Waals surface area (Å²) in [4.78, 5) is 22.5. The van der Waals surface area contributed by atoms with E-state index in [1.165, 1.54) is 0 Å². The number of rotatable bonds is 6. The predicted octanol–water partition coefficient (Wildman–Crippen LogP) is 4.19. The fourth-order valence-electron chi connectivity index (χ4n) is 3.62. The van der Waals surface area contributed by atoms with Crippen LogP contribution >= 0.6 is 0 Å². The van der Waals surface area contributed by atoms with Gasteiger partial charge in [0.2, 0.25) is 0 Å². The summed E-state index contributed by atoms with van der Waals surface area (Å²) in [5.41, 5.74) is 0.915. The van der Waals surface area contributed by atoms with E-state index >= 15 is 0 Å². The molecule has 1 aliphatic heterocycles. The number of carbonyl (C=O) groups is 2. The summed E-state index contributed by atoms with van der Waals surface area (Å²) >= 11 is -3.49. The third-order valence-electron chi connectivity index (χ3n) is 4.90. The predicted molar refractivity (Wildman–Crippen MR) is 111 cm³/mol. The van der Waals surface area contributed by atoms with Crippen LogP contribution in [0.5, 0.6) is 11.5 Å². The van der Waals surface area contributed by atoms with Crippen LogP contribution in [0.25, 0.3) is 0 Å². The van der Waals surface area contributed by atoms with Crippen LogP contribution in [0.2, 0.25) is 6.86 Å². The van der Waals surface area contributed by atoms with Crippen LogP contribution in [-0.2, 0) is 16.0 Å². The average molecular weight is 496 g/mol. The number of carboxylic acids is 1. The number of hydrogen-bond acceptors (Lipinski definition) is 4. The van der Waals surface area contributed by atoms with E-state index in [0.717, 1.165) is 17.1 Å². The Hall–Kier alpha value is -1.70. The first kappa shape index (κ1) is 22.6. The van der Waals surface area contributed by atoms with E-state index in [-0.39, 0.29) is 24.8 Å². The van der Waals surface area contributed by atoms with Gasteiger partial charge in [0.25, 0.3) is 0 Å². The Bertz CT molecular complexity index is 775. The van der Waals surface area contributed by atoms with E-state index in [9.17, 15) is 9.59 Å². The molecule has 0 fully saturated rings. The number of nitrogens with one attached hydrogen (secondary N) is 1. The van der Waals surface area contributed by atoms with Crippen LogP contribution in [0.1, 0.15) is 53.5 Å². The molecule has 7 heteroatoms. The molecule has 1 amide bonds. The van der Waals surface area contributed by atoms with Gasteiger partial charge in [0.15, 0.2) is 0 Å². The van der Waals surface area contributed by atoms with Crippen molar-refractivity contribution in [1.82, 2.24) is 5.32 Å². The van der Waals surface area contributed by atoms with Crippen molar-refractivity contribution < 1.29 is 20.8 Å². The standard InChI is InChI=1S/C13H15NO5.2C4H9.Sn/c1-8(13(18)19)6-12(17)14-5-4-9-2-3-10(15)11(16)7-9;2*1-4(2)3;/h2-3,7,15-16H,1,4-6H2,(H,14,17)(H,18,19);2*1-3H3;/q;;;+2/p-2. The maximum absolute atomic E-state index is 11.8. The topological polar surface area (TPSA) is 84.9 Å². The van der Waals surface area contributed by atoms with Crippen molar-refractivity contribution >= 4 is 31.1 Å². The fourth-order valence-corrected chi connectivity index (χ4v) is 16.4. The van der Waals surface area contributed by atoms with Crippen LogP contribution in [0.15, 0.2) is 30.4 Å². The molecular weight excluding hydrogens is 465 g/mol. The molecule has 28 heavy (non-hydrogen) atoms. The molecule has 2 rings (SSSR count). The Balaban J connectivity index is 2.04. The second-order valence-corrected chi connectivity index (χ2v) is 22.5. The Labute approximate surface area is 172 Å². The third-order valence-corrected chi connectivity index (χ3v) is 19.1. The Morgan fingerprint density at radius 1 is 1.07 bits per heavy atom. The van der Waals surface area contributed by atoms with Crippen LogP contribution < -0.4 is 11.5 Å². The van der Waals surface area contributed by atoms with E-state index in [1.54, 1.807) is 0 Å². The minimum absolute atomic E-state index is 0.0351. The summed E-state index contributed by atoms with van der Waals surface area (Å²) in [6.07, 6.45) is 0.417. The second kappa shape index (κ2) is 7.97. The molecule has 0 saturated heterocycles. The summed E-state index contributed by atoms with van der Waals surface area (Å²) in [6, 6.07) is 5.93. The molecule has 2 N–H and O–H groups in total. The van der Waals surface area contributed by atoms with E-state index < -0.39 is 25.2 Å². The van der Waals surface area contributed by atoms with Crippen LogP contribution in [0, 0.1) is 0 Å². The molecule has 1 heterocycles. The Morgan fingerprint density at radius 2 is 1.64 bits per heavy atom. The summed E-state index contributed by atoms with van der Waals surface area (Å²) in [7, 11) is 0. The van der Waals surface area contributed by atoms with Gasteiger partial charge >= 0.3 is 172 Å². The molecule has 0 aromatic heterocycles. The molecule has 0 saturated carbocycles. The monoisotopic (exact) mass is 497 g/mol. The molecule has 6 nitrogen and oxygen atoms in total. The molecule has 1 aromatic rings. The number of aliphatic carboxylic acids is 1. The van der Waals surface area contributed by atoms with Gasteiger partial charge < -0.3 is 0 Å². The summed E-state index contributed by atoms with van der Waals surface area (Å²) < 4.78 is 13.1. The quantitative estimate of drug-likeness (QED) is 0.456.